The van der Waals surface area contributed by atoms with E-state index in [0.717, 1.165) is 42.8 Å². The summed E-state index contributed by atoms with van der Waals surface area (Å²) in [5.74, 6) is 0.166. The first kappa shape index (κ1) is 17.3. The Bertz CT molecular complexity index is 629. The van der Waals surface area contributed by atoms with Gasteiger partial charge in [-0.25, -0.2) is 0 Å². The third-order valence-electron chi connectivity index (χ3n) is 4.20. The largest absolute Gasteiger partial charge is 0.341 e. The lowest BCUT2D eigenvalue weighted by molar-refractivity contribution is -0.134. The molecule has 4 nitrogen and oxygen atoms in total. The fourth-order valence-electron chi connectivity index (χ4n) is 2.91. The minimum absolute atomic E-state index is 0.166. The third kappa shape index (κ3) is 3.81. The van der Waals surface area contributed by atoms with Crippen LogP contribution in [-0.2, 0) is 4.79 Å². The Morgan fingerprint density at radius 1 is 1.17 bits per heavy atom. The van der Waals surface area contributed by atoms with Gasteiger partial charge in [-0.1, -0.05) is 43.7 Å². The van der Waals surface area contributed by atoms with Crippen LogP contribution < -0.4 is 0 Å². The standard InChI is InChI=1S/C19H27N3O/c1-5-11-17(19(23)21(6-2)7-3)22-14-15(4)18(20-22)16-12-9-8-10-13-16/h8-10,12-14,17H,5-7,11H2,1-4H3. The second-order valence-corrected chi connectivity index (χ2v) is 5.82. The van der Waals surface area contributed by atoms with Gasteiger partial charge in [0.25, 0.3) is 0 Å². The van der Waals surface area contributed by atoms with Gasteiger partial charge < -0.3 is 4.90 Å². The van der Waals surface area contributed by atoms with E-state index in [9.17, 15) is 4.79 Å². The monoisotopic (exact) mass is 313 g/mol. The Hall–Kier alpha value is -2.10. The zero-order chi connectivity index (χ0) is 16.8. The van der Waals surface area contributed by atoms with Crippen LogP contribution in [0.3, 0.4) is 0 Å². The number of benzene rings is 1. The average molecular weight is 313 g/mol. The molecule has 0 N–H and O–H groups in total. The van der Waals surface area contributed by atoms with Gasteiger partial charge in [0.1, 0.15) is 6.04 Å². The van der Waals surface area contributed by atoms with Crippen LogP contribution in [0.2, 0.25) is 0 Å². The lowest BCUT2D eigenvalue weighted by Gasteiger charge is -2.25. The van der Waals surface area contributed by atoms with Crippen molar-refractivity contribution in [1.29, 1.82) is 0 Å². The molecule has 0 saturated heterocycles. The average Bonchev–Trinajstić information content (AvgIpc) is 2.96. The molecular formula is C19H27N3O. The van der Waals surface area contributed by atoms with E-state index in [1.165, 1.54) is 0 Å². The summed E-state index contributed by atoms with van der Waals surface area (Å²) >= 11 is 0. The quantitative estimate of drug-likeness (QED) is 0.773. The van der Waals surface area contributed by atoms with E-state index >= 15 is 0 Å². The molecule has 1 aromatic carbocycles. The van der Waals surface area contributed by atoms with E-state index in [4.69, 9.17) is 5.10 Å². The summed E-state index contributed by atoms with van der Waals surface area (Å²) in [7, 11) is 0. The number of hydrogen-bond acceptors (Lipinski definition) is 2. The highest BCUT2D eigenvalue weighted by Gasteiger charge is 2.25. The van der Waals surface area contributed by atoms with Crippen molar-refractivity contribution in [2.24, 2.45) is 0 Å². The maximum atomic E-state index is 12.8. The SMILES string of the molecule is CCCC(C(=O)N(CC)CC)n1cc(C)c(-c2ccccc2)n1. The van der Waals surface area contributed by atoms with Crippen molar-refractivity contribution in [2.75, 3.05) is 13.1 Å². The number of carbonyl (C=O) groups excluding carboxylic acids is 1. The van der Waals surface area contributed by atoms with Gasteiger partial charge in [0.15, 0.2) is 0 Å². The Balaban J connectivity index is 2.36. The van der Waals surface area contributed by atoms with Crippen LogP contribution in [0, 0.1) is 6.92 Å². The summed E-state index contributed by atoms with van der Waals surface area (Å²) in [6.07, 6.45) is 3.77. The molecule has 4 heteroatoms. The Morgan fingerprint density at radius 2 is 1.83 bits per heavy atom. The number of rotatable bonds is 7. The molecule has 1 unspecified atom stereocenters. The third-order valence-corrected chi connectivity index (χ3v) is 4.20. The fraction of sp³-hybridized carbons (Fsp3) is 0.474. The molecule has 1 amide bonds. The predicted molar refractivity (Wildman–Crippen MR) is 94.3 cm³/mol. The van der Waals surface area contributed by atoms with Gasteiger partial charge >= 0.3 is 0 Å². The van der Waals surface area contributed by atoms with E-state index in [1.54, 1.807) is 0 Å². The van der Waals surface area contributed by atoms with Gasteiger partial charge in [-0.05, 0) is 32.8 Å². The lowest BCUT2D eigenvalue weighted by Crippen LogP contribution is -2.37. The molecule has 23 heavy (non-hydrogen) atoms. The maximum Gasteiger partial charge on any atom is 0.247 e. The van der Waals surface area contributed by atoms with Crippen molar-refractivity contribution < 1.29 is 4.79 Å². The van der Waals surface area contributed by atoms with Gasteiger partial charge in [-0.15, -0.1) is 0 Å². The molecule has 1 heterocycles. The van der Waals surface area contributed by atoms with Crippen LogP contribution in [0.4, 0.5) is 0 Å². The molecule has 0 aliphatic carbocycles. The summed E-state index contributed by atoms with van der Waals surface area (Å²) in [4.78, 5) is 14.7. The highest BCUT2D eigenvalue weighted by Crippen LogP contribution is 2.25. The maximum absolute atomic E-state index is 12.8. The molecule has 1 atom stereocenters. The molecule has 124 valence electrons. The fourth-order valence-corrected chi connectivity index (χ4v) is 2.91. The Labute approximate surface area is 139 Å². The number of likely N-dealkylation sites (N-methyl/N-ethyl adjacent to an activating group) is 1. The molecule has 0 aliphatic heterocycles. The smallest absolute Gasteiger partial charge is 0.247 e. The molecule has 2 aromatic rings. The van der Waals surface area contributed by atoms with Gasteiger partial charge in [0, 0.05) is 24.8 Å². The molecule has 0 radical (unpaired) electrons. The van der Waals surface area contributed by atoms with Gasteiger partial charge in [0.05, 0.1) is 5.69 Å². The van der Waals surface area contributed by atoms with E-state index < -0.39 is 0 Å². The first-order valence-electron chi connectivity index (χ1n) is 8.52. The van der Waals surface area contributed by atoms with Crippen LogP contribution in [0.5, 0.6) is 0 Å². The number of carbonyl (C=O) groups is 1. The summed E-state index contributed by atoms with van der Waals surface area (Å²) in [5, 5.41) is 4.74. The van der Waals surface area contributed by atoms with Crippen molar-refractivity contribution in [1.82, 2.24) is 14.7 Å². The van der Waals surface area contributed by atoms with Crippen LogP contribution in [-0.4, -0.2) is 33.7 Å². The number of amides is 1. The predicted octanol–water partition coefficient (Wildman–Crippen LogP) is 4.07. The van der Waals surface area contributed by atoms with Crippen LogP contribution >= 0.6 is 0 Å². The molecular weight excluding hydrogens is 286 g/mol. The number of aromatic nitrogens is 2. The molecule has 0 saturated carbocycles. The molecule has 0 fully saturated rings. The van der Waals surface area contributed by atoms with Gasteiger partial charge in [-0.2, -0.15) is 5.10 Å². The van der Waals surface area contributed by atoms with E-state index in [2.05, 4.69) is 26.0 Å². The zero-order valence-corrected chi connectivity index (χ0v) is 14.6. The highest BCUT2D eigenvalue weighted by atomic mass is 16.2. The molecule has 0 bridgehead atoms. The van der Waals surface area contributed by atoms with E-state index in [1.807, 2.05) is 47.8 Å². The van der Waals surface area contributed by atoms with E-state index in [0.29, 0.717) is 0 Å². The summed E-state index contributed by atoms with van der Waals surface area (Å²) in [6, 6.07) is 9.92. The van der Waals surface area contributed by atoms with Gasteiger partial charge in [-0.3, -0.25) is 9.48 Å². The summed E-state index contributed by atoms with van der Waals surface area (Å²) in [5.41, 5.74) is 3.15. The number of aryl methyl sites for hydroxylation is 1. The molecule has 0 aliphatic rings. The summed E-state index contributed by atoms with van der Waals surface area (Å²) < 4.78 is 1.86. The lowest BCUT2D eigenvalue weighted by atomic mass is 10.1. The number of hydrogen-bond donors (Lipinski definition) is 0. The van der Waals surface area contributed by atoms with Crippen molar-refractivity contribution >= 4 is 5.91 Å². The van der Waals surface area contributed by atoms with Crippen molar-refractivity contribution in [2.45, 2.75) is 46.6 Å². The molecule has 2 rings (SSSR count). The second kappa shape index (κ2) is 7.95. The van der Waals surface area contributed by atoms with Crippen molar-refractivity contribution in [3.8, 4) is 11.3 Å². The van der Waals surface area contributed by atoms with Crippen LogP contribution in [0.1, 0.15) is 45.2 Å². The first-order valence-corrected chi connectivity index (χ1v) is 8.52. The summed E-state index contributed by atoms with van der Waals surface area (Å²) in [6.45, 7) is 9.68. The normalized spacial score (nSPS) is 12.2. The second-order valence-electron chi connectivity index (χ2n) is 5.82. The molecule has 1 aromatic heterocycles. The minimum atomic E-state index is -0.212. The van der Waals surface area contributed by atoms with E-state index in [-0.39, 0.29) is 11.9 Å². The Kier molecular flexibility index (Phi) is 5.97. The topological polar surface area (TPSA) is 38.1 Å². The van der Waals surface area contributed by atoms with Gasteiger partial charge in [0.2, 0.25) is 5.91 Å². The zero-order valence-electron chi connectivity index (χ0n) is 14.6. The first-order chi connectivity index (χ1) is 11.1. The van der Waals surface area contributed by atoms with Crippen LogP contribution in [0.15, 0.2) is 36.5 Å². The molecule has 0 spiro atoms. The van der Waals surface area contributed by atoms with Crippen molar-refractivity contribution in [3.63, 3.8) is 0 Å². The Morgan fingerprint density at radius 3 is 2.39 bits per heavy atom. The minimum Gasteiger partial charge on any atom is -0.341 e. The van der Waals surface area contributed by atoms with Crippen molar-refractivity contribution in [3.05, 3.63) is 42.1 Å². The van der Waals surface area contributed by atoms with Crippen LogP contribution in [0.25, 0.3) is 11.3 Å². The number of nitrogens with zero attached hydrogens (tertiary/aromatic N) is 3. The highest BCUT2D eigenvalue weighted by molar-refractivity contribution is 5.80.